The highest BCUT2D eigenvalue weighted by Gasteiger charge is 2.22. The quantitative estimate of drug-likeness (QED) is 0.735. The van der Waals surface area contributed by atoms with Crippen molar-refractivity contribution in [2.75, 3.05) is 0 Å². The Bertz CT molecular complexity index is 585. The van der Waals surface area contributed by atoms with Gasteiger partial charge in [0.25, 0.3) is 0 Å². The maximum absolute atomic E-state index is 10.9. The number of aromatic nitrogens is 2. The summed E-state index contributed by atoms with van der Waals surface area (Å²) in [5.74, 6) is -0.475. The molecular weight excluding hydrogens is 270 g/mol. The van der Waals surface area contributed by atoms with Gasteiger partial charge in [0.05, 0.1) is 6.10 Å². The van der Waals surface area contributed by atoms with Crippen LogP contribution in [0.25, 0.3) is 11.4 Å². The summed E-state index contributed by atoms with van der Waals surface area (Å²) in [6, 6.07) is 8.56. The summed E-state index contributed by atoms with van der Waals surface area (Å²) < 4.78 is 0. The van der Waals surface area contributed by atoms with Crippen LogP contribution in [0.3, 0.4) is 0 Å². The summed E-state index contributed by atoms with van der Waals surface area (Å²) in [5.41, 5.74) is 1.67. The summed E-state index contributed by atoms with van der Waals surface area (Å²) in [7, 11) is 0. The van der Waals surface area contributed by atoms with E-state index in [1.165, 1.54) is 6.92 Å². The van der Waals surface area contributed by atoms with Crippen LogP contribution in [-0.2, 0) is 11.3 Å². The standard InChI is InChI=1S/C15H17N3O3/c1-10(19)13(15(20)21)16-7-11-8-17-14(18-9-11)12-5-3-2-4-6-12/h2-6,8-10,13,16,19H,7H2,1H3,(H,20,21). The zero-order valence-corrected chi connectivity index (χ0v) is 11.6. The molecule has 0 radical (unpaired) electrons. The van der Waals surface area contributed by atoms with E-state index in [-0.39, 0.29) is 6.54 Å². The van der Waals surface area contributed by atoms with Gasteiger partial charge in [0.15, 0.2) is 5.82 Å². The van der Waals surface area contributed by atoms with E-state index >= 15 is 0 Å². The molecule has 0 amide bonds. The third-order valence-electron chi connectivity index (χ3n) is 3.01. The number of benzene rings is 1. The van der Waals surface area contributed by atoms with Crippen LogP contribution >= 0.6 is 0 Å². The fourth-order valence-corrected chi connectivity index (χ4v) is 1.87. The Labute approximate surface area is 122 Å². The highest BCUT2D eigenvalue weighted by atomic mass is 16.4. The third-order valence-corrected chi connectivity index (χ3v) is 3.01. The van der Waals surface area contributed by atoms with Crippen molar-refractivity contribution in [2.24, 2.45) is 0 Å². The molecule has 0 aliphatic rings. The van der Waals surface area contributed by atoms with E-state index in [9.17, 15) is 9.90 Å². The van der Waals surface area contributed by atoms with Crippen molar-refractivity contribution in [1.82, 2.24) is 15.3 Å². The maximum atomic E-state index is 10.9. The van der Waals surface area contributed by atoms with Crippen molar-refractivity contribution in [1.29, 1.82) is 0 Å². The summed E-state index contributed by atoms with van der Waals surface area (Å²) in [6.07, 6.45) is 2.30. The molecule has 6 nitrogen and oxygen atoms in total. The van der Waals surface area contributed by atoms with Gasteiger partial charge in [-0.05, 0) is 6.92 Å². The monoisotopic (exact) mass is 287 g/mol. The number of aliphatic carboxylic acids is 1. The lowest BCUT2D eigenvalue weighted by Gasteiger charge is -2.16. The second kappa shape index (κ2) is 6.92. The molecular formula is C15H17N3O3. The van der Waals surface area contributed by atoms with Crippen molar-refractivity contribution in [2.45, 2.75) is 25.6 Å². The number of aliphatic hydroxyl groups excluding tert-OH is 1. The topological polar surface area (TPSA) is 95.3 Å². The smallest absolute Gasteiger partial charge is 0.323 e. The van der Waals surface area contributed by atoms with E-state index in [0.717, 1.165) is 11.1 Å². The Morgan fingerprint density at radius 2 is 1.86 bits per heavy atom. The molecule has 110 valence electrons. The molecule has 6 heteroatoms. The molecule has 3 N–H and O–H groups in total. The van der Waals surface area contributed by atoms with Crippen LogP contribution in [0.1, 0.15) is 12.5 Å². The molecule has 1 heterocycles. The van der Waals surface area contributed by atoms with Gasteiger partial charge in [0.2, 0.25) is 0 Å². The molecule has 0 aliphatic carbocycles. The van der Waals surface area contributed by atoms with Crippen LogP contribution in [0.15, 0.2) is 42.7 Å². The molecule has 2 unspecified atom stereocenters. The third kappa shape index (κ3) is 4.08. The first-order valence-corrected chi connectivity index (χ1v) is 6.58. The molecule has 0 aliphatic heterocycles. The highest BCUT2D eigenvalue weighted by molar-refractivity contribution is 5.74. The van der Waals surface area contributed by atoms with Gasteiger partial charge in [-0.1, -0.05) is 30.3 Å². The van der Waals surface area contributed by atoms with E-state index in [0.29, 0.717) is 5.82 Å². The first-order valence-electron chi connectivity index (χ1n) is 6.58. The average Bonchev–Trinajstić information content (AvgIpc) is 2.48. The van der Waals surface area contributed by atoms with Gasteiger partial charge in [-0.25, -0.2) is 9.97 Å². The number of hydrogen-bond donors (Lipinski definition) is 3. The van der Waals surface area contributed by atoms with Gasteiger partial charge in [-0.15, -0.1) is 0 Å². The second-order valence-electron chi connectivity index (χ2n) is 4.72. The molecule has 0 bridgehead atoms. The Hall–Kier alpha value is -2.31. The van der Waals surface area contributed by atoms with Crippen LogP contribution in [-0.4, -0.2) is 38.3 Å². The molecule has 2 aromatic rings. The lowest BCUT2D eigenvalue weighted by Crippen LogP contribution is -2.44. The number of nitrogens with one attached hydrogen (secondary N) is 1. The highest BCUT2D eigenvalue weighted by Crippen LogP contribution is 2.13. The molecule has 0 saturated carbocycles. The lowest BCUT2D eigenvalue weighted by molar-refractivity contribution is -0.142. The van der Waals surface area contributed by atoms with Gasteiger partial charge >= 0.3 is 5.97 Å². The van der Waals surface area contributed by atoms with Crippen molar-refractivity contribution in [3.8, 4) is 11.4 Å². The van der Waals surface area contributed by atoms with Crippen LogP contribution < -0.4 is 5.32 Å². The Morgan fingerprint density at radius 1 is 1.24 bits per heavy atom. The van der Waals surface area contributed by atoms with Crippen LogP contribution in [0.4, 0.5) is 0 Å². The number of rotatable bonds is 6. The predicted octanol–water partition coefficient (Wildman–Crippen LogP) is 1.07. The number of nitrogens with zero attached hydrogens (tertiary/aromatic N) is 2. The minimum Gasteiger partial charge on any atom is -0.480 e. The van der Waals surface area contributed by atoms with E-state index in [2.05, 4.69) is 15.3 Å². The minimum absolute atomic E-state index is 0.275. The maximum Gasteiger partial charge on any atom is 0.323 e. The van der Waals surface area contributed by atoms with Crippen molar-refractivity contribution in [3.05, 3.63) is 48.3 Å². The zero-order valence-electron chi connectivity index (χ0n) is 11.6. The minimum atomic E-state index is -1.09. The summed E-state index contributed by atoms with van der Waals surface area (Å²) in [5, 5.41) is 21.1. The summed E-state index contributed by atoms with van der Waals surface area (Å²) in [4.78, 5) is 19.5. The van der Waals surface area contributed by atoms with Crippen LogP contribution in [0.5, 0.6) is 0 Å². The molecule has 1 aromatic carbocycles. The first kappa shape index (κ1) is 15.1. The van der Waals surface area contributed by atoms with Gasteiger partial charge in [-0.3, -0.25) is 10.1 Å². The fourth-order valence-electron chi connectivity index (χ4n) is 1.87. The van der Waals surface area contributed by atoms with Crippen molar-refractivity contribution in [3.63, 3.8) is 0 Å². The summed E-state index contributed by atoms with van der Waals surface area (Å²) in [6.45, 7) is 1.71. The van der Waals surface area contributed by atoms with Gasteiger partial charge < -0.3 is 10.2 Å². The fraction of sp³-hybridized carbons (Fsp3) is 0.267. The van der Waals surface area contributed by atoms with E-state index in [4.69, 9.17) is 5.11 Å². The average molecular weight is 287 g/mol. The number of carbonyl (C=O) groups is 1. The zero-order chi connectivity index (χ0) is 15.2. The second-order valence-corrected chi connectivity index (χ2v) is 4.72. The molecule has 2 atom stereocenters. The van der Waals surface area contributed by atoms with E-state index in [1.54, 1.807) is 12.4 Å². The summed E-state index contributed by atoms with van der Waals surface area (Å²) >= 11 is 0. The number of carboxylic acid groups (broad SMARTS) is 1. The van der Waals surface area contributed by atoms with E-state index < -0.39 is 18.1 Å². The van der Waals surface area contributed by atoms with Crippen LogP contribution in [0.2, 0.25) is 0 Å². The molecule has 1 aromatic heterocycles. The number of hydrogen-bond acceptors (Lipinski definition) is 5. The Kier molecular flexibility index (Phi) is 4.97. The first-order chi connectivity index (χ1) is 10.1. The Morgan fingerprint density at radius 3 is 2.38 bits per heavy atom. The molecule has 21 heavy (non-hydrogen) atoms. The van der Waals surface area contributed by atoms with Gasteiger partial charge in [0, 0.05) is 30.1 Å². The predicted molar refractivity (Wildman–Crippen MR) is 77.4 cm³/mol. The molecule has 2 rings (SSSR count). The van der Waals surface area contributed by atoms with Crippen LogP contribution in [0, 0.1) is 0 Å². The molecule has 0 fully saturated rings. The largest absolute Gasteiger partial charge is 0.480 e. The number of carboxylic acids is 1. The van der Waals surface area contributed by atoms with Gasteiger partial charge in [0.1, 0.15) is 6.04 Å². The normalized spacial score (nSPS) is 13.6. The molecule has 0 spiro atoms. The van der Waals surface area contributed by atoms with E-state index in [1.807, 2.05) is 30.3 Å². The Balaban J connectivity index is 2.01. The lowest BCUT2D eigenvalue weighted by atomic mass is 10.1. The number of aliphatic hydroxyl groups is 1. The van der Waals surface area contributed by atoms with Gasteiger partial charge in [-0.2, -0.15) is 0 Å². The molecule has 0 saturated heterocycles. The SMILES string of the molecule is CC(O)C(NCc1cnc(-c2ccccc2)nc1)C(=O)O. The van der Waals surface area contributed by atoms with Crippen molar-refractivity contribution < 1.29 is 15.0 Å². The van der Waals surface area contributed by atoms with Crippen molar-refractivity contribution >= 4 is 5.97 Å².